The molecule has 1 heterocycles. The molecular formula is C18H27BrN2O2. The number of hydrogen-bond acceptors (Lipinski definition) is 3. The van der Waals surface area contributed by atoms with Crippen LogP contribution >= 0.6 is 15.9 Å². The van der Waals surface area contributed by atoms with Crippen molar-refractivity contribution in [2.45, 2.75) is 58.6 Å². The van der Waals surface area contributed by atoms with Gasteiger partial charge in [-0.3, -0.25) is 0 Å². The SMILES string of the molecule is Cc1ccc(Br)cc1NCC1CCCCN1C(=O)OC(C)(C)C. The van der Waals surface area contributed by atoms with Gasteiger partial charge >= 0.3 is 6.09 Å². The summed E-state index contributed by atoms with van der Waals surface area (Å²) in [6.45, 7) is 9.34. The summed E-state index contributed by atoms with van der Waals surface area (Å²) in [7, 11) is 0. The first kappa shape index (κ1) is 18.1. The lowest BCUT2D eigenvalue weighted by Gasteiger charge is -2.37. The van der Waals surface area contributed by atoms with Crippen molar-refractivity contribution in [3.63, 3.8) is 0 Å². The monoisotopic (exact) mass is 382 g/mol. The Kier molecular flexibility index (Phi) is 5.95. The summed E-state index contributed by atoms with van der Waals surface area (Å²) in [5.41, 5.74) is 1.86. The lowest BCUT2D eigenvalue weighted by atomic mass is 10.0. The molecule has 0 spiro atoms. The molecule has 4 nitrogen and oxygen atoms in total. The van der Waals surface area contributed by atoms with Gasteiger partial charge < -0.3 is 15.0 Å². The van der Waals surface area contributed by atoms with E-state index in [0.29, 0.717) is 0 Å². The van der Waals surface area contributed by atoms with Gasteiger partial charge in [0.05, 0.1) is 6.04 Å². The lowest BCUT2D eigenvalue weighted by Crippen LogP contribution is -2.48. The average molecular weight is 383 g/mol. The van der Waals surface area contributed by atoms with Crippen molar-refractivity contribution in [3.8, 4) is 0 Å². The van der Waals surface area contributed by atoms with Crippen LogP contribution < -0.4 is 5.32 Å². The molecule has 1 aromatic rings. The van der Waals surface area contributed by atoms with Crippen molar-refractivity contribution in [2.24, 2.45) is 0 Å². The molecule has 1 fully saturated rings. The number of anilines is 1. The number of nitrogens with one attached hydrogen (secondary N) is 1. The molecule has 0 aromatic heterocycles. The van der Waals surface area contributed by atoms with E-state index >= 15 is 0 Å². The van der Waals surface area contributed by atoms with E-state index in [2.05, 4.69) is 40.3 Å². The fourth-order valence-electron chi connectivity index (χ4n) is 2.79. The van der Waals surface area contributed by atoms with Crippen molar-refractivity contribution < 1.29 is 9.53 Å². The third-order valence-electron chi connectivity index (χ3n) is 3.98. The molecule has 0 aliphatic carbocycles. The standard InChI is InChI=1S/C18H27BrN2O2/c1-13-8-9-14(19)11-16(13)20-12-15-7-5-6-10-21(15)17(22)23-18(2,3)4/h8-9,11,15,20H,5-7,10,12H2,1-4H3. The number of rotatable bonds is 3. The number of hydrogen-bond donors (Lipinski definition) is 1. The number of nitrogens with zero attached hydrogens (tertiary/aromatic N) is 1. The van der Waals surface area contributed by atoms with Gasteiger partial charge in [0.2, 0.25) is 0 Å². The first-order valence-electron chi connectivity index (χ1n) is 8.26. The van der Waals surface area contributed by atoms with Gasteiger partial charge in [0.25, 0.3) is 0 Å². The number of benzene rings is 1. The third kappa shape index (κ3) is 5.41. The van der Waals surface area contributed by atoms with Crippen molar-refractivity contribution in [2.75, 3.05) is 18.4 Å². The molecule has 1 aromatic carbocycles. The summed E-state index contributed by atoms with van der Waals surface area (Å²) in [4.78, 5) is 14.3. The van der Waals surface area contributed by atoms with Gasteiger partial charge in [-0.25, -0.2) is 4.79 Å². The van der Waals surface area contributed by atoms with E-state index < -0.39 is 5.60 Å². The minimum absolute atomic E-state index is 0.178. The van der Waals surface area contributed by atoms with Crippen molar-refractivity contribution in [1.82, 2.24) is 4.90 Å². The minimum atomic E-state index is -0.451. The van der Waals surface area contributed by atoms with Crippen LogP contribution in [0, 0.1) is 6.92 Å². The smallest absolute Gasteiger partial charge is 0.410 e. The summed E-state index contributed by atoms with van der Waals surface area (Å²) in [5.74, 6) is 0. The van der Waals surface area contributed by atoms with Crippen molar-refractivity contribution in [1.29, 1.82) is 0 Å². The average Bonchev–Trinajstić information content (AvgIpc) is 2.47. The summed E-state index contributed by atoms with van der Waals surface area (Å²) in [5, 5.41) is 3.49. The molecule has 1 aliphatic heterocycles. The number of aryl methyl sites for hydroxylation is 1. The van der Waals surface area contributed by atoms with Gasteiger partial charge in [0, 0.05) is 23.2 Å². The van der Waals surface area contributed by atoms with Crippen molar-refractivity contribution in [3.05, 3.63) is 28.2 Å². The predicted molar refractivity (Wildman–Crippen MR) is 97.9 cm³/mol. The molecule has 1 saturated heterocycles. The zero-order valence-electron chi connectivity index (χ0n) is 14.5. The Morgan fingerprint density at radius 2 is 2.13 bits per heavy atom. The van der Waals surface area contributed by atoms with Gasteiger partial charge in [-0.2, -0.15) is 0 Å². The molecule has 23 heavy (non-hydrogen) atoms. The molecule has 0 saturated carbocycles. The van der Waals surface area contributed by atoms with Gasteiger partial charge in [0.1, 0.15) is 5.60 Å². The van der Waals surface area contributed by atoms with E-state index in [0.717, 1.165) is 42.5 Å². The largest absolute Gasteiger partial charge is 0.444 e. The van der Waals surface area contributed by atoms with Crippen LogP contribution in [-0.2, 0) is 4.74 Å². The lowest BCUT2D eigenvalue weighted by molar-refractivity contribution is 0.0114. The Bertz CT molecular complexity index is 554. The van der Waals surface area contributed by atoms with Crippen LogP contribution in [0.1, 0.15) is 45.6 Å². The van der Waals surface area contributed by atoms with Gasteiger partial charge in [-0.05, 0) is 64.7 Å². The Morgan fingerprint density at radius 3 is 2.83 bits per heavy atom. The van der Waals surface area contributed by atoms with E-state index in [1.165, 1.54) is 5.56 Å². The quantitative estimate of drug-likeness (QED) is 0.802. The number of likely N-dealkylation sites (tertiary alicyclic amines) is 1. The highest BCUT2D eigenvalue weighted by Crippen LogP contribution is 2.24. The molecule has 0 radical (unpaired) electrons. The first-order valence-corrected chi connectivity index (χ1v) is 9.05. The maximum absolute atomic E-state index is 12.4. The summed E-state index contributed by atoms with van der Waals surface area (Å²) < 4.78 is 6.61. The molecule has 1 unspecified atom stereocenters. The van der Waals surface area contributed by atoms with Crippen molar-refractivity contribution >= 4 is 27.7 Å². The predicted octanol–water partition coefficient (Wildman–Crippen LogP) is 4.96. The van der Waals surface area contributed by atoms with E-state index in [9.17, 15) is 4.79 Å². The van der Waals surface area contributed by atoms with Crippen LogP contribution in [0.5, 0.6) is 0 Å². The Balaban J connectivity index is 2.01. The van der Waals surface area contributed by atoms with E-state index in [1.54, 1.807) is 0 Å². The Morgan fingerprint density at radius 1 is 1.39 bits per heavy atom. The van der Waals surface area contributed by atoms with Crippen LogP contribution in [0.3, 0.4) is 0 Å². The third-order valence-corrected chi connectivity index (χ3v) is 4.48. The highest BCUT2D eigenvalue weighted by atomic mass is 79.9. The first-order chi connectivity index (χ1) is 10.8. The molecular weight excluding hydrogens is 356 g/mol. The fraction of sp³-hybridized carbons (Fsp3) is 0.611. The number of carbonyl (C=O) groups excluding carboxylic acids is 1. The second-order valence-corrected chi connectivity index (χ2v) is 8.08. The van der Waals surface area contributed by atoms with Crippen LogP contribution in [0.25, 0.3) is 0 Å². The van der Waals surface area contributed by atoms with Gasteiger partial charge in [-0.15, -0.1) is 0 Å². The Hall–Kier alpha value is -1.23. The van der Waals surface area contributed by atoms with Crippen LogP contribution in [-0.4, -0.2) is 35.7 Å². The molecule has 2 rings (SSSR count). The molecule has 1 N–H and O–H groups in total. The zero-order valence-corrected chi connectivity index (χ0v) is 16.1. The van der Waals surface area contributed by atoms with Crippen LogP contribution in [0.2, 0.25) is 0 Å². The number of ether oxygens (including phenoxy) is 1. The number of halogens is 1. The normalized spacial score (nSPS) is 18.7. The summed E-state index contributed by atoms with van der Waals surface area (Å²) in [6, 6.07) is 6.38. The Labute approximate surface area is 147 Å². The van der Waals surface area contributed by atoms with E-state index in [1.807, 2.05) is 31.7 Å². The summed E-state index contributed by atoms with van der Waals surface area (Å²) in [6.07, 6.45) is 3.02. The zero-order chi connectivity index (χ0) is 17.0. The molecule has 1 amide bonds. The highest BCUT2D eigenvalue weighted by Gasteiger charge is 2.30. The second kappa shape index (κ2) is 7.56. The fourth-order valence-corrected chi connectivity index (χ4v) is 3.15. The maximum atomic E-state index is 12.4. The van der Waals surface area contributed by atoms with E-state index in [4.69, 9.17) is 4.74 Å². The van der Waals surface area contributed by atoms with Crippen LogP contribution in [0.15, 0.2) is 22.7 Å². The number of carbonyl (C=O) groups is 1. The summed E-state index contributed by atoms with van der Waals surface area (Å²) >= 11 is 3.51. The minimum Gasteiger partial charge on any atom is -0.444 e. The highest BCUT2D eigenvalue weighted by molar-refractivity contribution is 9.10. The molecule has 1 aliphatic rings. The molecule has 1 atom stereocenters. The number of piperidine rings is 1. The van der Waals surface area contributed by atoms with Crippen LogP contribution in [0.4, 0.5) is 10.5 Å². The van der Waals surface area contributed by atoms with E-state index in [-0.39, 0.29) is 12.1 Å². The molecule has 0 bridgehead atoms. The maximum Gasteiger partial charge on any atom is 0.410 e. The topological polar surface area (TPSA) is 41.6 Å². The second-order valence-electron chi connectivity index (χ2n) is 7.16. The van der Waals surface area contributed by atoms with Gasteiger partial charge in [0.15, 0.2) is 0 Å². The van der Waals surface area contributed by atoms with Gasteiger partial charge in [-0.1, -0.05) is 22.0 Å². The molecule has 5 heteroatoms. The number of amides is 1. The molecule has 128 valence electrons.